The van der Waals surface area contributed by atoms with Crippen LogP contribution in [0.5, 0.6) is 0 Å². The van der Waals surface area contributed by atoms with Crippen molar-refractivity contribution in [2.45, 2.75) is 31.8 Å². The van der Waals surface area contributed by atoms with Gasteiger partial charge in [-0.25, -0.2) is 4.39 Å². The second-order valence-electron chi connectivity index (χ2n) is 7.87. The van der Waals surface area contributed by atoms with Gasteiger partial charge < -0.3 is 19.1 Å². The molecule has 2 heterocycles. The van der Waals surface area contributed by atoms with Gasteiger partial charge in [-0.15, -0.1) is 0 Å². The molecule has 1 N–H and O–H groups in total. The summed E-state index contributed by atoms with van der Waals surface area (Å²) in [4.78, 5) is 7.64. The van der Waals surface area contributed by atoms with Gasteiger partial charge in [0.2, 0.25) is 0 Å². The Kier molecular flexibility index (Phi) is 7.66. The third-order valence-corrected chi connectivity index (χ3v) is 5.26. The van der Waals surface area contributed by atoms with Crippen molar-refractivity contribution in [2.24, 2.45) is 5.16 Å². The van der Waals surface area contributed by atoms with Crippen LogP contribution in [0.4, 0.5) is 4.39 Å². The number of benzene rings is 2. The molecule has 1 aliphatic rings. The average Bonchev–Trinajstić information content (AvgIpc) is 3.48. The van der Waals surface area contributed by atoms with Gasteiger partial charge in [-0.1, -0.05) is 53.7 Å². The second kappa shape index (κ2) is 11.0. The summed E-state index contributed by atoms with van der Waals surface area (Å²) >= 11 is 0. The molecule has 2 unspecified atom stereocenters. The van der Waals surface area contributed by atoms with Crippen LogP contribution in [0.3, 0.4) is 0 Å². The summed E-state index contributed by atoms with van der Waals surface area (Å²) in [7, 11) is 0. The van der Waals surface area contributed by atoms with E-state index in [0.29, 0.717) is 37.4 Å². The summed E-state index contributed by atoms with van der Waals surface area (Å²) in [5.41, 5.74) is 2.49. The fraction of sp³-hybridized carbons (Fsp3) is 0.320. The summed E-state index contributed by atoms with van der Waals surface area (Å²) < 4.78 is 25.1. The molecule has 168 valence electrons. The first-order valence-electron chi connectivity index (χ1n) is 10.7. The first-order valence-corrected chi connectivity index (χ1v) is 10.7. The van der Waals surface area contributed by atoms with E-state index in [-0.39, 0.29) is 25.1 Å². The number of aliphatic hydroxyl groups is 1. The van der Waals surface area contributed by atoms with Gasteiger partial charge in [-0.2, -0.15) is 0 Å². The highest BCUT2D eigenvalue weighted by molar-refractivity contribution is 6.01. The van der Waals surface area contributed by atoms with Crippen LogP contribution >= 0.6 is 0 Å². The first kappa shape index (κ1) is 22.2. The maximum atomic E-state index is 14.3. The van der Waals surface area contributed by atoms with E-state index in [1.165, 1.54) is 6.07 Å². The number of ether oxygens (including phenoxy) is 1. The van der Waals surface area contributed by atoms with E-state index in [4.69, 9.17) is 14.0 Å². The number of oxime groups is 1. The van der Waals surface area contributed by atoms with Gasteiger partial charge in [0.05, 0.1) is 24.7 Å². The van der Waals surface area contributed by atoms with E-state index in [9.17, 15) is 9.50 Å². The van der Waals surface area contributed by atoms with Crippen molar-refractivity contribution in [3.8, 4) is 0 Å². The number of aliphatic hydroxyl groups excluding tert-OH is 1. The maximum absolute atomic E-state index is 14.3. The molecule has 7 heteroatoms. The summed E-state index contributed by atoms with van der Waals surface area (Å²) in [5.74, 6) is 0.431. The molecule has 4 rings (SSSR count). The molecule has 1 aliphatic heterocycles. The first-order chi connectivity index (χ1) is 15.7. The van der Waals surface area contributed by atoms with Crippen LogP contribution in [0.1, 0.15) is 23.3 Å². The lowest BCUT2D eigenvalue weighted by Gasteiger charge is -2.27. The Bertz CT molecular complexity index is 994. The van der Waals surface area contributed by atoms with Gasteiger partial charge in [0.15, 0.2) is 0 Å². The zero-order chi connectivity index (χ0) is 22.2. The molecule has 0 saturated heterocycles. The Balaban J connectivity index is 1.35. The predicted molar refractivity (Wildman–Crippen MR) is 119 cm³/mol. The molecule has 1 aromatic heterocycles. The van der Waals surface area contributed by atoms with Crippen molar-refractivity contribution in [2.75, 3.05) is 19.7 Å². The van der Waals surface area contributed by atoms with Crippen molar-refractivity contribution in [3.05, 3.63) is 95.7 Å². The predicted octanol–water partition coefficient (Wildman–Crippen LogP) is 3.99. The molecule has 0 spiro atoms. The minimum absolute atomic E-state index is 0.145. The van der Waals surface area contributed by atoms with Gasteiger partial charge in [-0.3, -0.25) is 4.90 Å². The van der Waals surface area contributed by atoms with Crippen LogP contribution in [0, 0.1) is 5.82 Å². The average molecular weight is 438 g/mol. The molecule has 0 saturated carbocycles. The van der Waals surface area contributed by atoms with E-state index in [1.54, 1.807) is 24.5 Å². The largest absolute Gasteiger partial charge is 0.467 e. The maximum Gasteiger partial charge on any atom is 0.145 e. The van der Waals surface area contributed by atoms with Crippen LogP contribution in [-0.2, 0) is 22.7 Å². The zero-order valence-corrected chi connectivity index (χ0v) is 17.8. The van der Waals surface area contributed by atoms with E-state index >= 15 is 0 Å². The van der Waals surface area contributed by atoms with Gasteiger partial charge in [0.25, 0.3) is 0 Å². The van der Waals surface area contributed by atoms with E-state index in [1.807, 2.05) is 47.4 Å². The summed E-state index contributed by atoms with van der Waals surface area (Å²) in [6, 6.07) is 20.2. The fourth-order valence-corrected chi connectivity index (χ4v) is 3.73. The molecule has 0 amide bonds. The Morgan fingerprint density at radius 3 is 2.69 bits per heavy atom. The molecule has 32 heavy (non-hydrogen) atoms. The van der Waals surface area contributed by atoms with Crippen molar-refractivity contribution in [1.29, 1.82) is 0 Å². The number of rotatable bonds is 11. The Morgan fingerprint density at radius 1 is 1.09 bits per heavy atom. The van der Waals surface area contributed by atoms with Gasteiger partial charge in [0.1, 0.15) is 24.3 Å². The molecular formula is C25H27FN2O4. The van der Waals surface area contributed by atoms with Gasteiger partial charge in [0, 0.05) is 31.6 Å². The Morgan fingerprint density at radius 2 is 1.91 bits per heavy atom. The number of nitrogens with zero attached hydrogens (tertiary/aromatic N) is 2. The minimum atomic E-state index is -0.743. The second-order valence-corrected chi connectivity index (χ2v) is 7.87. The quantitative estimate of drug-likeness (QED) is 0.490. The summed E-state index contributed by atoms with van der Waals surface area (Å²) in [5, 5.41) is 14.8. The highest BCUT2D eigenvalue weighted by Gasteiger charge is 2.26. The molecular weight excluding hydrogens is 411 g/mol. The lowest BCUT2D eigenvalue weighted by molar-refractivity contribution is -0.00976. The number of halogens is 1. The van der Waals surface area contributed by atoms with Crippen LogP contribution in [0.25, 0.3) is 0 Å². The fourth-order valence-electron chi connectivity index (χ4n) is 3.73. The van der Waals surface area contributed by atoms with E-state index < -0.39 is 6.10 Å². The molecule has 0 bridgehead atoms. The van der Waals surface area contributed by atoms with Crippen LogP contribution in [0.15, 0.2) is 82.6 Å². The van der Waals surface area contributed by atoms with E-state index in [2.05, 4.69) is 5.16 Å². The van der Waals surface area contributed by atoms with Crippen LogP contribution in [0.2, 0.25) is 0 Å². The number of hydrogen-bond acceptors (Lipinski definition) is 6. The monoisotopic (exact) mass is 438 g/mol. The van der Waals surface area contributed by atoms with Crippen molar-refractivity contribution in [3.63, 3.8) is 0 Å². The Hall–Kier alpha value is -3.00. The van der Waals surface area contributed by atoms with Crippen molar-refractivity contribution in [1.82, 2.24) is 4.90 Å². The van der Waals surface area contributed by atoms with Crippen LogP contribution < -0.4 is 0 Å². The smallest absolute Gasteiger partial charge is 0.145 e. The third-order valence-electron chi connectivity index (χ3n) is 5.26. The normalized spacial score (nSPS) is 16.7. The van der Waals surface area contributed by atoms with Gasteiger partial charge >= 0.3 is 0 Å². The lowest BCUT2D eigenvalue weighted by Crippen LogP contribution is -2.39. The van der Waals surface area contributed by atoms with Crippen LogP contribution in [-0.4, -0.2) is 47.6 Å². The number of furan rings is 1. The van der Waals surface area contributed by atoms with Gasteiger partial charge in [-0.05, 0) is 23.8 Å². The van der Waals surface area contributed by atoms with Crippen molar-refractivity contribution >= 4 is 5.71 Å². The summed E-state index contributed by atoms with van der Waals surface area (Å²) in [6.07, 6.45) is 1.32. The molecule has 0 fully saturated rings. The van der Waals surface area contributed by atoms with E-state index in [0.717, 1.165) is 11.3 Å². The van der Waals surface area contributed by atoms with Crippen molar-refractivity contribution < 1.29 is 23.5 Å². The minimum Gasteiger partial charge on any atom is -0.467 e. The standard InChI is InChI=1S/C25H27FN2O4/c26-24-11-5-4-9-20(24)14-28(15-21(29)17-30-18-22-10-6-12-31-22)16-23-13-25(27-32-23)19-7-2-1-3-8-19/h1-12,21,23,29H,13-18H2. The molecule has 2 atom stereocenters. The SMILES string of the molecule is OC(COCc1ccco1)CN(Cc1ccccc1F)CC1CC(c2ccccc2)=NO1. The topological polar surface area (TPSA) is 67.4 Å². The Labute approximate surface area is 186 Å². The molecule has 0 radical (unpaired) electrons. The molecule has 6 nitrogen and oxygen atoms in total. The lowest BCUT2D eigenvalue weighted by atomic mass is 10.0. The third kappa shape index (κ3) is 6.26. The highest BCUT2D eigenvalue weighted by atomic mass is 19.1. The molecule has 3 aromatic rings. The highest BCUT2D eigenvalue weighted by Crippen LogP contribution is 2.19. The summed E-state index contributed by atoms with van der Waals surface area (Å²) in [6.45, 7) is 1.60. The molecule has 0 aliphatic carbocycles. The molecule has 2 aromatic carbocycles. The number of hydrogen-bond donors (Lipinski definition) is 1. The zero-order valence-electron chi connectivity index (χ0n) is 17.8.